The van der Waals surface area contributed by atoms with Gasteiger partial charge in [0.15, 0.2) is 0 Å². The van der Waals surface area contributed by atoms with E-state index in [1.165, 1.54) is 0 Å². The van der Waals surface area contributed by atoms with Gasteiger partial charge in [-0.25, -0.2) is 0 Å². The molecule has 0 saturated carbocycles. The van der Waals surface area contributed by atoms with Crippen LogP contribution in [0.5, 0.6) is 0 Å². The number of aliphatic hydroxyl groups is 1. The Hall–Kier alpha value is -2.03. The molecule has 1 aliphatic rings. The number of benzene rings is 1. The van der Waals surface area contributed by atoms with Gasteiger partial charge in [-0.2, -0.15) is 10.4 Å². The quantitative estimate of drug-likeness (QED) is 0.925. The van der Waals surface area contributed by atoms with Gasteiger partial charge >= 0.3 is 0 Å². The molecular weight excluding hydrogens is 324 g/mol. The van der Waals surface area contributed by atoms with E-state index in [1.807, 2.05) is 10.9 Å². The highest BCUT2D eigenvalue weighted by molar-refractivity contribution is 6.33. The normalized spacial score (nSPS) is 20.6. The van der Waals surface area contributed by atoms with Crippen molar-refractivity contribution in [2.24, 2.45) is 5.92 Å². The van der Waals surface area contributed by atoms with Crippen LogP contribution in [0.3, 0.4) is 0 Å². The van der Waals surface area contributed by atoms with Gasteiger partial charge in [-0.3, -0.25) is 4.68 Å². The summed E-state index contributed by atoms with van der Waals surface area (Å²) in [4.78, 5) is 2.11. The molecule has 0 radical (unpaired) electrons. The third-order valence-corrected chi connectivity index (χ3v) is 4.98. The van der Waals surface area contributed by atoms with Crippen molar-refractivity contribution in [2.75, 3.05) is 24.6 Å². The summed E-state index contributed by atoms with van der Waals surface area (Å²) in [7, 11) is 0. The van der Waals surface area contributed by atoms with Crippen LogP contribution < -0.4 is 4.90 Å². The van der Waals surface area contributed by atoms with E-state index in [2.05, 4.69) is 36.1 Å². The highest BCUT2D eigenvalue weighted by Gasteiger charge is 2.35. The van der Waals surface area contributed by atoms with E-state index in [4.69, 9.17) is 11.6 Å². The van der Waals surface area contributed by atoms with E-state index in [0.29, 0.717) is 29.7 Å². The van der Waals surface area contributed by atoms with E-state index >= 15 is 0 Å². The van der Waals surface area contributed by atoms with Gasteiger partial charge < -0.3 is 10.0 Å². The Balaban J connectivity index is 1.91. The van der Waals surface area contributed by atoms with Gasteiger partial charge in [0, 0.05) is 43.8 Å². The van der Waals surface area contributed by atoms with E-state index in [1.54, 1.807) is 18.2 Å². The van der Waals surface area contributed by atoms with Crippen molar-refractivity contribution in [1.82, 2.24) is 9.78 Å². The molecule has 0 unspecified atom stereocenters. The first-order valence-corrected chi connectivity index (χ1v) is 8.51. The minimum absolute atomic E-state index is 0.0950. The Morgan fingerprint density at radius 1 is 1.42 bits per heavy atom. The average molecular weight is 345 g/mol. The maximum Gasteiger partial charge on any atom is 0.101 e. The molecule has 126 valence electrons. The van der Waals surface area contributed by atoms with Crippen LogP contribution >= 0.6 is 11.6 Å². The van der Waals surface area contributed by atoms with Crippen LogP contribution in [0.1, 0.15) is 36.9 Å². The molecule has 0 amide bonds. The van der Waals surface area contributed by atoms with Gasteiger partial charge in [0.2, 0.25) is 0 Å². The van der Waals surface area contributed by atoms with Crippen LogP contribution in [-0.4, -0.2) is 34.6 Å². The van der Waals surface area contributed by atoms with Crippen LogP contribution in [-0.2, 0) is 0 Å². The van der Waals surface area contributed by atoms with Crippen LogP contribution in [0.2, 0.25) is 5.02 Å². The second kappa shape index (κ2) is 6.84. The van der Waals surface area contributed by atoms with Crippen molar-refractivity contribution < 1.29 is 5.11 Å². The zero-order chi connectivity index (χ0) is 17.3. The largest absolute Gasteiger partial charge is 0.396 e. The van der Waals surface area contributed by atoms with Crippen LogP contribution in [0.4, 0.5) is 5.69 Å². The molecular formula is C18H21ClN4O. The lowest BCUT2D eigenvalue weighted by atomic mass is 9.92. The monoisotopic (exact) mass is 344 g/mol. The summed E-state index contributed by atoms with van der Waals surface area (Å²) >= 11 is 6.35. The van der Waals surface area contributed by atoms with Gasteiger partial charge in [-0.1, -0.05) is 17.7 Å². The van der Waals surface area contributed by atoms with Crippen molar-refractivity contribution in [2.45, 2.75) is 25.8 Å². The molecule has 3 rings (SSSR count). The minimum Gasteiger partial charge on any atom is -0.396 e. The summed E-state index contributed by atoms with van der Waals surface area (Å²) in [6.07, 6.45) is 3.94. The highest BCUT2D eigenvalue weighted by Crippen LogP contribution is 2.39. The number of halogens is 1. The SMILES string of the molecule is CC(C)n1cc([C@@H]2CN(c3c(Cl)cccc3C#N)C[C@H]2CO)cn1. The fourth-order valence-electron chi connectivity index (χ4n) is 3.37. The average Bonchev–Trinajstić information content (AvgIpc) is 3.20. The summed E-state index contributed by atoms with van der Waals surface area (Å²) in [5.41, 5.74) is 2.45. The fraction of sp³-hybridized carbons (Fsp3) is 0.444. The molecule has 1 aromatic carbocycles. The number of nitriles is 1. The molecule has 0 bridgehead atoms. The Bertz CT molecular complexity index is 765. The summed E-state index contributed by atoms with van der Waals surface area (Å²) in [6.45, 7) is 5.66. The first-order valence-electron chi connectivity index (χ1n) is 8.13. The second-order valence-electron chi connectivity index (χ2n) is 6.55. The van der Waals surface area contributed by atoms with Gasteiger partial charge in [0.1, 0.15) is 6.07 Å². The first kappa shape index (κ1) is 16.8. The maximum absolute atomic E-state index is 9.82. The third kappa shape index (κ3) is 3.00. The molecule has 2 aromatic rings. The molecule has 2 atom stereocenters. The molecule has 1 fully saturated rings. The Morgan fingerprint density at radius 3 is 2.83 bits per heavy atom. The number of anilines is 1. The van der Waals surface area contributed by atoms with Gasteiger partial charge in [0.05, 0.1) is 22.5 Å². The molecule has 6 heteroatoms. The van der Waals surface area contributed by atoms with Crippen molar-refractivity contribution in [3.05, 3.63) is 46.7 Å². The zero-order valence-corrected chi connectivity index (χ0v) is 14.6. The summed E-state index contributed by atoms with van der Waals surface area (Å²) in [6, 6.07) is 7.88. The molecule has 5 nitrogen and oxygen atoms in total. The van der Waals surface area contributed by atoms with Crippen molar-refractivity contribution in [1.29, 1.82) is 5.26 Å². The maximum atomic E-state index is 9.82. The molecule has 1 aromatic heterocycles. The van der Waals surface area contributed by atoms with Crippen LogP contribution in [0.25, 0.3) is 0 Å². The molecule has 0 aliphatic carbocycles. The molecule has 1 saturated heterocycles. The van der Waals surface area contributed by atoms with E-state index < -0.39 is 0 Å². The van der Waals surface area contributed by atoms with Gasteiger partial charge in [0.25, 0.3) is 0 Å². The smallest absolute Gasteiger partial charge is 0.101 e. The number of hydrogen-bond acceptors (Lipinski definition) is 4. The van der Waals surface area contributed by atoms with Gasteiger partial charge in [-0.05, 0) is 31.5 Å². The van der Waals surface area contributed by atoms with Crippen LogP contribution in [0, 0.1) is 17.2 Å². The Kier molecular flexibility index (Phi) is 4.79. The predicted octanol–water partition coefficient (Wildman–Crippen LogP) is 3.20. The third-order valence-electron chi connectivity index (χ3n) is 4.68. The lowest BCUT2D eigenvalue weighted by molar-refractivity contribution is 0.227. The summed E-state index contributed by atoms with van der Waals surface area (Å²) in [5.74, 6) is 0.267. The standard InChI is InChI=1S/C18H21ClN4O/c1-12(2)23-9-14(7-21-23)16-10-22(8-15(16)11-24)18-13(6-20)4-3-5-17(18)19/h3-5,7,9,12,15-16,24H,8,10-11H2,1-2H3/t15-,16-/m0/s1. The summed E-state index contributed by atoms with van der Waals surface area (Å²) < 4.78 is 1.93. The number of hydrogen-bond donors (Lipinski definition) is 1. The van der Waals surface area contributed by atoms with Crippen LogP contribution in [0.15, 0.2) is 30.6 Å². The highest BCUT2D eigenvalue weighted by atomic mass is 35.5. The summed E-state index contributed by atoms with van der Waals surface area (Å²) in [5, 5.41) is 24.2. The Labute approximate surface area is 147 Å². The van der Waals surface area contributed by atoms with E-state index in [0.717, 1.165) is 11.3 Å². The van der Waals surface area contributed by atoms with Crippen molar-refractivity contribution in [3.8, 4) is 6.07 Å². The number of para-hydroxylation sites is 1. The minimum atomic E-state index is 0.0950. The fourth-order valence-corrected chi connectivity index (χ4v) is 3.66. The first-order chi connectivity index (χ1) is 11.5. The molecule has 2 heterocycles. The van der Waals surface area contributed by atoms with E-state index in [-0.39, 0.29) is 18.4 Å². The van der Waals surface area contributed by atoms with E-state index in [9.17, 15) is 10.4 Å². The second-order valence-corrected chi connectivity index (χ2v) is 6.96. The number of rotatable bonds is 4. The van der Waals surface area contributed by atoms with Crippen molar-refractivity contribution >= 4 is 17.3 Å². The number of nitrogens with zero attached hydrogens (tertiary/aromatic N) is 4. The van der Waals surface area contributed by atoms with Gasteiger partial charge in [-0.15, -0.1) is 0 Å². The lowest BCUT2D eigenvalue weighted by Gasteiger charge is -2.21. The Morgan fingerprint density at radius 2 is 2.21 bits per heavy atom. The lowest BCUT2D eigenvalue weighted by Crippen LogP contribution is -2.22. The number of aliphatic hydroxyl groups excluding tert-OH is 1. The molecule has 1 N–H and O–H groups in total. The van der Waals surface area contributed by atoms with Crippen molar-refractivity contribution in [3.63, 3.8) is 0 Å². The molecule has 0 spiro atoms. The topological polar surface area (TPSA) is 65.1 Å². The predicted molar refractivity (Wildman–Crippen MR) is 94.3 cm³/mol. The molecule has 1 aliphatic heterocycles. The number of aromatic nitrogens is 2. The molecule has 24 heavy (non-hydrogen) atoms. The zero-order valence-electron chi connectivity index (χ0n) is 13.9.